The van der Waals surface area contributed by atoms with Crippen LogP contribution in [0.3, 0.4) is 0 Å². The minimum atomic E-state index is -0.273. The van der Waals surface area contributed by atoms with Crippen LogP contribution in [0.4, 0.5) is 4.39 Å². The van der Waals surface area contributed by atoms with Crippen molar-refractivity contribution in [2.24, 2.45) is 0 Å². The SMILES string of the molecule is CN(C)Cc1ccc(-c2cc(F)cc3cccnc23)nc1. The molecule has 3 rings (SSSR count). The lowest BCUT2D eigenvalue weighted by Crippen LogP contribution is -2.10. The molecule has 4 heteroatoms. The summed E-state index contributed by atoms with van der Waals surface area (Å²) in [5, 5.41) is 0.784. The number of hydrogen-bond donors (Lipinski definition) is 0. The number of benzene rings is 1. The summed E-state index contributed by atoms with van der Waals surface area (Å²) >= 11 is 0. The van der Waals surface area contributed by atoms with E-state index in [1.54, 1.807) is 12.3 Å². The second-order valence-corrected chi connectivity index (χ2v) is 5.32. The van der Waals surface area contributed by atoms with Gasteiger partial charge in [0.05, 0.1) is 11.2 Å². The molecule has 0 aliphatic rings. The maximum atomic E-state index is 13.8. The topological polar surface area (TPSA) is 29.0 Å². The van der Waals surface area contributed by atoms with Crippen LogP contribution < -0.4 is 0 Å². The van der Waals surface area contributed by atoms with Gasteiger partial charge in [-0.25, -0.2) is 4.39 Å². The number of nitrogens with zero attached hydrogens (tertiary/aromatic N) is 3. The van der Waals surface area contributed by atoms with Gasteiger partial charge in [0.1, 0.15) is 5.82 Å². The summed E-state index contributed by atoms with van der Waals surface area (Å²) in [7, 11) is 4.02. The van der Waals surface area contributed by atoms with Gasteiger partial charge in [-0.05, 0) is 43.9 Å². The molecule has 1 aromatic carbocycles. The molecule has 0 saturated carbocycles. The molecule has 3 aromatic rings. The molecule has 0 atom stereocenters. The van der Waals surface area contributed by atoms with Crippen molar-refractivity contribution in [3.63, 3.8) is 0 Å². The molecule has 21 heavy (non-hydrogen) atoms. The van der Waals surface area contributed by atoms with Crippen LogP contribution in [-0.4, -0.2) is 29.0 Å². The van der Waals surface area contributed by atoms with Crippen LogP contribution in [0.2, 0.25) is 0 Å². The second-order valence-electron chi connectivity index (χ2n) is 5.32. The number of halogens is 1. The van der Waals surface area contributed by atoms with Crippen LogP contribution in [-0.2, 0) is 6.54 Å². The maximum Gasteiger partial charge on any atom is 0.124 e. The minimum absolute atomic E-state index is 0.273. The van der Waals surface area contributed by atoms with Crippen LogP contribution in [0.5, 0.6) is 0 Å². The van der Waals surface area contributed by atoms with Crippen molar-refractivity contribution in [1.82, 2.24) is 14.9 Å². The largest absolute Gasteiger partial charge is 0.305 e. The number of rotatable bonds is 3. The Bertz CT molecular complexity index is 767. The van der Waals surface area contributed by atoms with Crippen molar-refractivity contribution >= 4 is 10.9 Å². The van der Waals surface area contributed by atoms with Gasteiger partial charge in [-0.2, -0.15) is 0 Å². The normalized spacial score (nSPS) is 11.2. The Morgan fingerprint density at radius 2 is 1.95 bits per heavy atom. The summed E-state index contributed by atoms with van der Waals surface area (Å²) in [5.74, 6) is -0.273. The first-order chi connectivity index (χ1) is 10.1. The van der Waals surface area contributed by atoms with E-state index >= 15 is 0 Å². The fourth-order valence-electron chi connectivity index (χ4n) is 2.39. The first kappa shape index (κ1) is 13.6. The molecule has 0 fully saturated rings. The molecule has 0 bridgehead atoms. The van der Waals surface area contributed by atoms with E-state index in [0.29, 0.717) is 0 Å². The van der Waals surface area contributed by atoms with Crippen molar-refractivity contribution in [3.05, 3.63) is 60.2 Å². The molecule has 0 unspecified atom stereocenters. The fourth-order valence-corrected chi connectivity index (χ4v) is 2.39. The maximum absolute atomic E-state index is 13.8. The van der Waals surface area contributed by atoms with E-state index in [1.165, 1.54) is 12.1 Å². The molecule has 3 nitrogen and oxygen atoms in total. The molecule has 0 amide bonds. The van der Waals surface area contributed by atoms with E-state index < -0.39 is 0 Å². The highest BCUT2D eigenvalue weighted by atomic mass is 19.1. The molecular formula is C17H16FN3. The molecule has 0 radical (unpaired) electrons. The lowest BCUT2D eigenvalue weighted by atomic mass is 10.1. The highest BCUT2D eigenvalue weighted by molar-refractivity contribution is 5.92. The van der Waals surface area contributed by atoms with Crippen LogP contribution in [0.15, 0.2) is 48.8 Å². The van der Waals surface area contributed by atoms with E-state index in [0.717, 1.165) is 34.3 Å². The van der Waals surface area contributed by atoms with Crippen molar-refractivity contribution in [2.75, 3.05) is 14.1 Å². The minimum Gasteiger partial charge on any atom is -0.305 e. The summed E-state index contributed by atoms with van der Waals surface area (Å²) in [4.78, 5) is 10.9. The average Bonchev–Trinajstić information content (AvgIpc) is 2.46. The van der Waals surface area contributed by atoms with E-state index in [2.05, 4.69) is 14.9 Å². The summed E-state index contributed by atoms with van der Waals surface area (Å²) in [6, 6.07) is 10.6. The van der Waals surface area contributed by atoms with Gasteiger partial charge in [-0.1, -0.05) is 12.1 Å². The third-order valence-corrected chi connectivity index (χ3v) is 3.27. The average molecular weight is 281 g/mol. The monoisotopic (exact) mass is 281 g/mol. The van der Waals surface area contributed by atoms with Crippen LogP contribution >= 0.6 is 0 Å². The lowest BCUT2D eigenvalue weighted by Gasteiger charge is -2.10. The molecule has 0 aliphatic heterocycles. The van der Waals surface area contributed by atoms with Gasteiger partial charge in [-0.3, -0.25) is 9.97 Å². The van der Waals surface area contributed by atoms with Crippen molar-refractivity contribution < 1.29 is 4.39 Å². The number of fused-ring (bicyclic) bond motifs is 1. The van der Waals surface area contributed by atoms with Gasteiger partial charge in [0.2, 0.25) is 0 Å². The standard InChI is InChI=1S/C17H16FN3/c1-21(2)11-12-5-6-16(20-10-12)15-9-14(18)8-13-4-3-7-19-17(13)15/h3-10H,11H2,1-2H3. The Hall–Kier alpha value is -2.33. The Balaban J connectivity index is 2.07. The van der Waals surface area contributed by atoms with Crippen molar-refractivity contribution in [3.8, 4) is 11.3 Å². The molecule has 2 aromatic heterocycles. The summed E-state index contributed by atoms with van der Waals surface area (Å²) in [6.45, 7) is 0.829. The van der Waals surface area contributed by atoms with Crippen LogP contribution in [0, 0.1) is 5.82 Å². The molecule has 0 spiro atoms. The van der Waals surface area contributed by atoms with E-state index in [9.17, 15) is 4.39 Å². The quantitative estimate of drug-likeness (QED) is 0.736. The zero-order valence-electron chi connectivity index (χ0n) is 12.0. The van der Waals surface area contributed by atoms with E-state index in [1.807, 2.05) is 38.5 Å². The predicted octanol–water partition coefficient (Wildman–Crippen LogP) is 3.50. The number of hydrogen-bond acceptors (Lipinski definition) is 3. The highest BCUT2D eigenvalue weighted by Gasteiger charge is 2.09. The molecule has 0 N–H and O–H groups in total. The predicted molar refractivity (Wildman–Crippen MR) is 82.3 cm³/mol. The van der Waals surface area contributed by atoms with Crippen LogP contribution in [0.1, 0.15) is 5.56 Å². The van der Waals surface area contributed by atoms with Crippen LogP contribution in [0.25, 0.3) is 22.2 Å². The van der Waals surface area contributed by atoms with Gasteiger partial charge >= 0.3 is 0 Å². The van der Waals surface area contributed by atoms with Gasteiger partial charge < -0.3 is 4.90 Å². The molecule has 0 saturated heterocycles. The van der Waals surface area contributed by atoms with Crippen molar-refractivity contribution in [2.45, 2.75) is 6.54 Å². The van der Waals surface area contributed by atoms with Gasteiger partial charge in [0.15, 0.2) is 0 Å². The Morgan fingerprint density at radius 1 is 1.10 bits per heavy atom. The smallest absolute Gasteiger partial charge is 0.124 e. The molecular weight excluding hydrogens is 265 g/mol. The molecule has 106 valence electrons. The zero-order chi connectivity index (χ0) is 14.8. The lowest BCUT2D eigenvalue weighted by molar-refractivity contribution is 0.402. The van der Waals surface area contributed by atoms with Gasteiger partial charge in [0, 0.05) is 29.9 Å². The Labute approximate surface area is 123 Å². The fraction of sp³-hybridized carbons (Fsp3) is 0.176. The van der Waals surface area contributed by atoms with Gasteiger partial charge in [0.25, 0.3) is 0 Å². The zero-order valence-corrected chi connectivity index (χ0v) is 12.0. The summed E-state index contributed by atoms with van der Waals surface area (Å²) in [5.41, 5.74) is 3.35. The van der Waals surface area contributed by atoms with E-state index in [-0.39, 0.29) is 5.82 Å². The molecule has 0 aliphatic carbocycles. The second kappa shape index (κ2) is 5.58. The highest BCUT2D eigenvalue weighted by Crippen LogP contribution is 2.27. The molecule has 2 heterocycles. The number of pyridine rings is 2. The Kier molecular flexibility index (Phi) is 3.62. The number of aromatic nitrogens is 2. The third-order valence-electron chi connectivity index (χ3n) is 3.27. The summed E-state index contributed by atoms with van der Waals surface area (Å²) < 4.78 is 13.8. The third kappa shape index (κ3) is 2.90. The van der Waals surface area contributed by atoms with E-state index in [4.69, 9.17) is 0 Å². The first-order valence-electron chi connectivity index (χ1n) is 6.78. The Morgan fingerprint density at radius 3 is 2.67 bits per heavy atom. The van der Waals surface area contributed by atoms with Crippen molar-refractivity contribution in [1.29, 1.82) is 0 Å². The van der Waals surface area contributed by atoms with Gasteiger partial charge in [-0.15, -0.1) is 0 Å². The first-order valence-corrected chi connectivity index (χ1v) is 6.78. The summed E-state index contributed by atoms with van der Waals surface area (Å²) in [6.07, 6.45) is 3.54.